The van der Waals surface area contributed by atoms with E-state index < -0.39 is 41.1 Å². The minimum Gasteiger partial charge on any atom is -0.485 e. The molecule has 2 saturated heterocycles. The lowest BCUT2D eigenvalue weighted by Gasteiger charge is -2.61. The third-order valence-electron chi connectivity index (χ3n) is 10.7. The molecule has 9 heteroatoms. The quantitative estimate of drug-likeness (QED) is 0.350. The van der Waals surface area contributed by atoms with Crippen LogP contribution in [0.4, 0.5) is 4.79 Å². The van der Waals surface area contributed by atoms with Crippen LogP contribution in [-0.2, 0) is 41.0 Å². The number of hydrogen-bond donors (Lipinski definition) is 1. The molecule has 1 unspecified atom stereocenters. The highest BCUT2D eigenvalue weighted by Crippen LogP contribution is 2.69. The summed E-state index contributed by atoms with van der Waals surface area (Å²) in [4.78, 5) is 40.4. The zero-order chi connectivity index (χ0) is 29.2. The fraction of sp³-hybridized carbons (Fsp3) is 0.594. The van der Waals surface area contributed by atoms with Crippen LogP contribution in [0, 0.1) is 28.6 Å². The van der Waals surface area contributed by atoms with Crippen molar-refractivity contribution in [3.63, 3.8) is 0 Å². The molecule has 2 aliphatic heterocycles. The van der Waals surface area contributed by atoms with E-state index in [2.05, 4.69) is 0 Å². The van der Waals surface area contributed by atoms with Gasteiger partial charge in [0, 0.05) is 17.2 Å². The number of benzene rings is 1. The number of ether oxygens (including phenoxy) is 4. The number of hydrogen-bond acceptors (Lipinski definition) is 8. The van der Waals surface area contributed by atoms with Crippen LogP contribution in [0.15, 0.2) is 47.4 Å². The number of Topliss-reactive ketones (excluding diaryl/α,β-unsaturated/α-hetero) is 1. The van der Waals surface area contributed by atoms with Gasteiger partial charge in [0.2, 0.25) is 17.3 Å². The van der Waals surface area contributed by atoms with Gasteiger partial charge >= 0.3 is 6.16 Å². The molecule has 6 aliphatic rings. The molecule has 6 bridgehead atoms. The van der Waals surface area contributed by atoms with Gasteiger partial charge in [0.1, 0.15) is 6.61 Å². The minimum atomic E-state index is -1.50. The van der Waals surface area contributed by atoms with E-state index >= 15 is 0 Å². The maximum atomic E-state index is 14.2. The lowest BCUT2D eigenvalue weighted by atomic mass is 9.45. The molecule has 4 aliphatic carbocycles. The molecule has 220 valence electrons. The van der Waals surface area contributed by atoms with Crippen molar-refractivity contribution in [2.24, 2.45) is 28.6 Å². The minimum absolute atomic E-state index is 0.0259. The lowest BCUT2D eigenvalue weighted by Crippen LogP contribution is -2.64. The summed E-state index contributed by atoms with van der Waals surface area (Å²) in [6.45, 7) is 5.50. The zero-order valence-electron chi connectivity index (χ0n) is 23.7. The summed E-state index contributed by atoms with van der Waals surface area (Å²) in [5, 5.41) is 11.9. The Balaban J connectivity index is 1.46. The summed E-state index contributed by atoms with van der Waals surface area (Å²) in [7, 11) is 0. The first-order valence-corrected chi connectivity index (χ1v) is 15.1. The SMILES string of the molecule is CCOC(=O)O[C@@]12CC[C@H]3[C@@H]4CCC5=CC(=O)C(OCc6cccc(CCl)c6)=C(OCC1=O)[C@]5(C)C4[C@H](O)C[C@]32C. The Kier molecular flexibility index (Phi) is 7.01. The Bertz CT molecular complexity index is 1350. The van der Waals surface area contributed by atoms with Gasteiger partial charge in [-0.1, -0.05) is 36.8 Å². The first-order chi connectivity index (χ1) is 19.6. The van der Waals surface area contributed by atoms with Crippen molar-refractivity contribution < 1.29 is 38.4 Å². The van der Waals surface area contributed by atoms with Gasteiger partial charge in [0.15, 0.2) is 18.0 Å². The molecule has 7 rings (SSSR count). The predicted molar refractivity (Wildman–Crippen MR) is 148 cm³/mol. The number of fused-ring (bicyclic) bond motifs is 3. The van der Waals surface area contributed by atoms with Crippen LogP contribution in [0.3, 0.4) is 0 Å². The summed E-state index contributed by atoms with van der Waals surface area (Å²) in [6, 6.07) is 7.61. The summed E-state index contributed by atoms with van der Waals surface area (Å²) >= 11 is 6.01. The fourth-order valence-corrected chi connectivity index (χ4v) is 9.15. The number of alkyl halides is 1. The predicted octanol–water partition coefficient (Wildman–Crippen LogP) is 5.39. The highest BCUT2D eigenvalue weighted by atomic mass is 35.5. The molecule has 1 N–H and O–H groups in total. The molecular weight excluding hydrogens is 548 g/mol. The van der Waals surface area contributed by atoms with Gasteiger partial charge < -0.3 is 24.1 Å². The fourth-order valence-electron chi connectivity index (χ4n) is 8.98. The second-order valence-corrected chi connectivity index (χ2v) is 12.8. The molecule has 2 heterocycles. The number of rotatable bonds is 6. The average Bonchev–Trinajstić information content (AvgIpc) is 3.22. The molecule has 0 radical (unpaired) electrons. The van der Waals surface area contributed by atoms with Crippen LogP contribution >= 0.6 is 11.6 Å². The maximum absolute atomic E-state index is 14.2. The van der Waals surface area contributed by atoms with Crippen LogP contribution < -0.4 is 0 Å². The topological polar surface area (TPSA) is 108 Å². The van der Waals surface area contributed by atoms with Crippen molar-refractivity contribution >= 4 is 29.3 Å². The van der Waals surface area contributed by atoms with Crippen LogP contribution in [0.5, 0.6) is 0 Å². The smallest absolute Gasteiger partial charge is 0.485 e. The Hall–Kier alpha value is -2.84. The van der Waals surface area contributed by atoms with Crippen molar-refractivity contribution in [2.75, 3.05) is 13.2 Å². The van der Waals surface area contributed by atoms with Gasteiger partial charge in [-0.05, 0) is 75.0 Å². The monoisotopic (exact) mass is 584 g/mol. The molecule has 0 aromatic heterocycles. The van der Waals surface area contributed by atoms with Crippen LogP contribution in [0.1, 0.15) is 64.0 Å². The molecule has 1 aromatic rings. The largest absolute Gasteiger partial charge is 0.509 e. The van der Waals surface area contributed by atoms with Crippen molar-refractivity contribution in [3.8, 4) is 0 Å². The van der Waals surface area contributed by atoms with Crippen LogP contribution in [-0.4, -0.2) is 47.7 Å². The maximum Gasteiger partial charge on any atom is 0.509 e. The van der Waals surface area contributed by atoms with E-state index in [0.717, 1.165) is 23.1 Å². The van der Waals surface area contributed by atoms with Crippen molar-refractivity contribution in [1.29, 1.82) is 0 Å². The molecule has 1 aromatic carbocycles. The summed E-state index contributed by atoms with van der Waals surface area (Å²) in [5.41, 5.74) is -0.428. The normalized spacial score (nSPS) is 37.3. The first kappa shape index (κ1) is 28.3. The summed E-state index contributed by atoms with van der Waals surface area (Å²) in [5.74, 6) is -0.220. The number of halogens is 1. The Labute approximate surface area is 245 Å². The molecule has 8 nitrogen and oxygen atoms in total. The standard InChI is InChI=1S/C32H37ClO8/c1-4-38-29(37)41-32-11-10-22-21-9-8-20-13-23(34)27(39-16-19-7-5-6-18(12-19)15-33)28(40-17-25(32)36)31(20,3)26(21)24(35)14-30(22,32)2/h5-7,12-13,21-22,24,26,35H,4,8-11,14-17H2,1-3H3/t21-,22-,24+,26?,30+,31-,32-/m0/s1. The Morgan fingerprint density at radius 3 is 2.73 bits per heavy atom. The Morgan fingerprint density at radius 1 is 1.20 bits per heavy atom. The number of aliphatic hydroxyl groups excluding tert-OH is 1. The van der Waals surface area contributed by atoms with Gasteiger partial charge in [0.25, 0.3) is 0 Å². The van der Waals surface area contributed by atoms with Gasteiger partial charge in [-0.2, -0.15) is 0 Å². The second kappa shape index (κ2) is 10.2. The highest BCUT2D eigenvalue weighted by Gasteiger charge is 2.72. The van der Waals surface area contributed by atoms with E-state index in [9.17, 15) is 19.5 Å². The second-order valence-electron chi connectivity index (χ2n) is 12.5. The van der Waals surface area contributed by atoms with Crippen molar-refractivity contribution in [2.45, 2.75) is 77.1 Å². The molecule has 41 heavy (non-hydrogen) atoms. The van der Waals surface area contributed by atoms with Crippen LogP contribution in [0.25, 0.3) is 0 Å². The van der Waals surface area contributed by atoms with Gasteiger partial charge in [-0.25, -0.2) is 4.79 Å². The number of allylic oxidation sites excluding steroid dienone is 2. The zero-order valence-corrected chi connectivity index (χ0v) is 24.5. The molecule has 0 amide bonds. The number of carbonyl (C=O) groups excluding carboxylic acids is 3. The van der Waals surface area contributed by atoms with E-state index in [1.165, 1.54) is 0 Å². The molecule has 0 spiro atoms. The number of aliphatic hydroxyl groups is 1. The highest BCUT2D eigenvalue weighted by molar-refractivity contribution is 6.17. The van der Waals surface area contributed by atoms with Gasteiger partial charge in [-0.15, -0.1) is 11.6 Å². The lowest BCUT2D eigenvalue weighted by molar-refractivity contribution is -0.193. The molecule has 3 saturated carbocycles. The Morgan fingerprint density at radius 2 is 1.98 bits per heavy atom. The summed E-state index contributed by atoms with van der Waals surface area (Å²) < 4.78 is 23.6. The third-order valence-corrected chi connectivity index (χ3v) is 11.0. The van der Waals surface area contributed by atoms with Gasteiger partial charge in [-0.3, -0.25) is 9.59 Å². The van der Waals surface area contributed by atoms with E-state index in [1.807, 2.05) is 38.1 Å². The van der Waals surface area contributed by atoms with Crippen LogP contribution in [0.2, 0.25) is 0 Å². The molecule has 7 atom stereocenters. The van der Waals surface area contributed by atoms with E-state index in [-0.39, 0.29) is 54.7 Å². The molecule has 5 fully saturated rings. The average molecular weight is 585 g/mol. The number of ketones is 2. The van der Waals surface area contributed by atoms with E-state index in [1.54, 1.807) is 13.0 Å². The molecular formula is C32H37ClO8. The van der Waals surface area contributed by atoms with Crippen molar-refractivity contribution in [1.82, 2.24) is 0 Å². The van der Waals surface area contributed by atoms with Gasteiger partial charge in [0.05, 0.1) is 18.1 Å². The van der Waals surface area contributed by atoms with Crippen molar-refractivity contribution in [3.05, 3.63) is 58.6 Å². The summed E-state index contributed by atoms with van der Waals surface area (Å²) in [6.07, 6.45) is 2.66. The number of carbonyl (C=O) groups is 3. The first-order valence-electron chi connectivity index (χ1n) is 14.6. The van der Waals surface area contributed by atoms with E-state index in [0.29, 0.717) is 25.1 Å². The third kappa shape index (κ3) is 4.08. The van der Waals surface area contributed by atoms with E-state index in [4.69, 9.17) is 30.5 Å².